The summed E-state index contributed by atoms with van der Waals surface area (Å²) < 4.78 is 35.4. The van der Waals surface area contributed by atoms with Crippen LogP contribution in [-0.2, 0) is 22.6 Å². The van der Waals surface area contributed by atoms with E-state index >= 15 is 4.39 Å². The Hall–Kier alpha value is -5.19. The summed E-state index contributed by atoms with van der Waals surface area (Å²) in [5, 5.41) is 20.0. The summed E-state index contributed by atoms with van der Waals surface area (Å²) in [4.78, 5) is 41.0. The summed E-state index contributed by atoms with van der Waals surface area (Å²) in [7, 11) is 4.38. The number of unbranched alkanes of at least 4 members (excludes halogenated alkanes) is 1. The molecule has 18 heteroatoms. The van der Waals surface area contributed by atoms with E-state index in [9.17, 15) is 14.7 Å². The van der Waals surface area contributed by atoms with E-state index in [1.807, 2.05) is 44.1 Å². The highest BCUT2D eigenvalue weighted by Crippen LogP contribution is 2.34. The number of hydrogen-bond donors (Lipinski definition) is 1. The van der Waals surface area contributed by atoms with Gasteiger partial charge < -0.3 is 34.0 Å². The second-order valence-electron chi connectivity index (χ2n) is 17.9. The quantitative estimate of drug-likeness (QED) is 0.0452. The molecule has 3 heterocycles. The van der Waals surface area contributed by atoms with Gasteiger partial charge in [0.25, 0.3) is 0 Å². The SMILES string of the molecule is Cc1cc(N(CCCCN(C)C)c2nc(C(=O)O)c(CCCOc3ccc(C#CCN(C)C(=O)OC(C)(C)C)cc3F)s2)nnc1N=c1sc2ccccc2n1COCC[Si](C)(C)C. The predicted octanol–water partition coefficient (Wildman–Crippen LogP) is 9.35. The monoisotopic (exact) mass is 932 g/mol. The van der Waals surface area contributed by atoms with Crippen molar-refractivity contribution >= 4 is 69.8 Å². The number of halogens is 1. The zero-order valence-corrected chi connectivity index (χ0v) is 41.3. The van der Waals surface area contributed by atoms with Crippen molar-refractivity contribution in [2.45, 2.75) is 91.4 Å². The number of hydrogen-bond acceptors (Lipinski definition) is 13. The molecule has 1 amide bonds. The molecule has 5 aromatic rings. The highest BCUT2D eigenvalue weighted by molar-refractivity contribution is 7.16. The number of benzene rings is 2. The van der Waals surface area contributed by atoms with Crippen LogP contribution in [0.1, 0.15) is 66.5 Å². The third-order valence-corrected chi connectivity index (χ3v) is 13.5. The van der Waals surface area contributed by atoms with Gasteiger partial charge in [0.15, 0.2) is 38.8 Å². The van der Waals surface area contributed by atoms with Gasteiger partial charge in [0, 0.05) is 38.7 Å². The number of amides is 1. The fourth-order valence-electron chi connectivity index (χ4n) is 6.14. The van der Waals surface area contributed by atoms with Crippen molar-refractivity contribution in [1.29, 1.82) is 0 Å². The fraction of sp³-hybridized carbons (Fsp3) is 0.478. The first-order valence-corrected chi connectivity index (χ1v) is 26.7. The molecule has 3 aromatic heterocycles. The normalized spacial score (nSPS) is 12.1. The Bertz CT molecular complexity index is 2520. The highest BCUT2D eigenvalue weighted by atomic mass is 32.1. The lowest BCUT2D eigenvalue weighted by Crippen LogP contribution is -2.34. The molecule has 0 saturated carbocycles. The second-order valence-corrected chi connectivity index (χ2v) is 25.6. The Morgan fingerprint density at radius 3 is 2.42 bits per heavy atom. The van der Waals surface area contributed by atoms with Crippen molar-refractivity contribution in [3.63, 3.8) is 0 Å². The van der Waals surface area contributed by atoms with Gasteiger partial charge in [-0.2, -0.15) is 4.99 Å². The van der Waals surface area contributed by atoms with Gasteiger partial charge in [-0.25, -0.2) is 19.0 Å². The Morgan fingerprint density at radius 1 is 0.984 bits per heavy atom. The number of ether oxygens (including phenoxy) is 3. The van der Waals surface area contributed by atoms with Crippen LogP contribution in [-0.4, -0.2) is 114 Å². The minimum Gasteiger partial charge on any atom is -0.491 e. The summed E-state index contributed by atoms with van der Waals surface area (Å²) in [5.74, 6) is 5.09. The van der Waals surface area contributed by atoms with Crippen molar-refractivity contribution in [3.8, 4) is 17.6 Å². The molecular formula is C46H61FN8O6S2Si. The van der Waals surface area contributed by atoms with Gasteiger partial charge in [-0.3, -0.25) is 4.57 Å². The van der Waals surface area contributed by atoms with Crippen molar-refractivity contribution in [3.05, 3.63) is 80.8 Å². The maximum Gasteiger partial charge on any atom is 0.410 e. The topological polar surface area (TPSA) is 148 Å². The Morgan fingerprint density at radius 2 is 1.73 bits per heavy atom. The van der Waals surface area contributed by atoms with Crippen molar-refractivity contribution in [2.24, 2.45) is 4.99 Å². The van der Waals surface area contributed by atoms with E-state index in [4.69, 9.17) is 19.2 Å². The van der Waals surface area contributed by atoms with E-state index in [-0.39, 0.29) is 24.6 Å². The summed E-state index contributed by atoms with van der Waals surface area (Å²) in [6, 6.07) is 15.6. The van der Waals surface area contributed by atoms with Crippen LogP contribution >= 0.6 is 22.7 Å². The highest BCUT2D eigenvalue weighted by Gasteiger charge is 2.24. The number of anilines is 2. The molecule has 0 atom stereocenters. The van der Waals surface area contributed by atoms with Crippen LogP contribution in [0.5, 0.6) is 5.75 Å². The first-order chi connectivity index (χ1) is 30.3. The summed E-state index contributed by atoms with van der Waals surface area (Å²) in [6.07, 6.45) is 1.98. The van der Waals surface area contributed by atoms with Gasteiger partial charge in [0.2, 0.25) is 0 Å². The summed E-state index contributed by atoms with van der Waals surface area (Å²) in [5.41, 5.74) is 1.61. The first-order valence-electron chi connectivity index (χ1n) is 21.3. The van der Waals surface area contributed by atoms with Crippen LogP contribution in [0.3, 0.4) is 0 Å². The maximum absolute atomic E-state index is 15.0. The predicted molar refractivity (Wildman–Crippen MR) is 256 cm³/mol. The summed E-state index contributed by atoms with van der Waals surface area (Å²) in [6.45, 7) is 17.0. The van der Waals surface area contributed by atoms with E-state index in [1.54, 1.807) is 45.2 Å². The molecule has 0 radical (unpaired) electrons. The molecule has 0 unspecified atom stereocenters. The summed E-state index contributed by atoms with van der Waals surface area (Å²) >= 11 is 2.86. The number of carboxylic acids is 1. The molecule has 0 fully saturated rings. The average molecular weight is 933 g/mol. The number of carbonyl (C=O) groups is 2. The minimum atomic E-state index is -1.25. The first kappa shape index (κ1) is 49.8. The molecule has 14 nitrogen and oxygen atoms in total. The van der Waals surface area contributed by atoms with Gasteiger partial charge in [0.1, 0.15) is 12.3 Å². The molecule has 0 spiro atoms. The average Bonchev–Trinajstić information content (AvgIpc) is 3.79. The Kier molecular flexibility index (Phi) is 17.6. The molecular weight excluding hydrogens is 872 g/mol. The van der Waals surface area contributed by atoms with Gasteiger partial charge in [-0.1, -0.05) is 55.0 Å². The van der Waals surface area contributed by atoms with E-state index in [0.717, 1.165) is 46.0 Å². The zero-order chi connectivity index (χ0) is 46.6. The largest absolute Gasteiger partial charge is 0.491 e. The lowest BCUT2D eigenvalue weighted by atomic mass is 10.2. The number of fused-ring (bicyclic) bond motifs is 1. The van der Waals surface area contributed by atoms with Crippen molar-refractivity contribution in [1.82, 2.24) is 29.5 Å². The molecule has 1 N–H and O–H groups in total. The third kappa shape index (κ3) is 14.9. The number of rotatable bonds is 20. The van der Waals surface area contributed by atoms with Crippen LogP contribution in [0.4, 0.5) is 26.0 Å². The van der Waals surface area contributed by atoms with E-state index in [1.165, 1.54) is 28.4 Å². The molecule has 344 valence electrons. The molecule has 0 aliphatic carbocycles. The number of carbonyl (C=O) groups excluding carboxylic acids is 1. The van der Waals surface area contributed by atoms with Gasteiger partial charge in [0.05, 0.1) is 23.4 Å². The van der Waals surface area contributed by atoms with Crippen molar-refractivity contribution < 1.29 is 33.3 Å². The molecule has 0 aliphatic rings. The number of carboxylic acid groups (broad SMARTS) is 1. The van der Waals surface area contributed by atoms with Gasteiger partial charge in [-0.15, -0.1) is 21.5 Å². The molecule has 64 heavy (non-hydrogen) atoms. The molecule has 5 rings (SSSR count). The lowest BCUT2D eigenvalue weighted by Gasteiger charge is -2.23. The second kappa shape index (κ2) is 22.6. The Balaban J connectivity index is 1.30. The van der Waals surface area contributed by atoms with Crippen LogP contribution in [0.2, 0.25) is 25.7 Å². The van der Waals surface area contributed by atoms with Crippen LogP contribution in [0.15, 0.2) is 53.5 Å². The molecule has 0 bridgehead atoms. The van der Waals surface area contributed by atoms with Crippen molar-refractivity contribution in [2.75, 3.05) is 58.9 Å². The number of nitrogens with zero attached hydrogens (tertiary/aromatic N) is 8. The molecule has 2 aromatic carbocycles. The zero-order valence-electron chi connectivity index (χ0n) is 38.7. The number of aromatic nitrogens is 4. The van der Waals surface area contributed by atoms with Crippen LogP contribution < -0.4 is 14.4 Å². The maximum atomic E-state index is 15.0. The van der Waals surface area contributed by atoms with Gasteiger partial charge in [-0.05, 0) is 122 Å². The Labute approximate surface area is 384 Å². The van der Waals surface area contributed by atoms with E-state index in [2.05, 4.69) is 68.3 Å². The number of aryl methyl sites for hydroxylation is 2. The fourth-order valence-corrected chi connectivity index (χ4v) is 9.04. The van der Waals surface area contributed by atoms with Crippen LogP contribution in [0, 0.1) is 24.6 Å². The van der Waals surface area contributed by atoms with Gasteiger partial charge >= 0.3 is 12.1 Å². The number of para-hydroxylation sites is 1. The van der Waals surface area contributed by atoms with E-state index in [0.29, 0.717) is 59.9 Å². The third-order valence-electron chi connectivity index (χ3n) is 9.58. The number of aromatic carboxylic acids is 1. The van der Waals surface area contributed by atoms with E-state index < -0.39 is 31.6 Å². The molecule has 0 aliphatic heterocycles. The smallest absolute Gasteiger partial charge is 0.410 e. The molecule has 0 saturated heterocycles. The standard InChI is InChI=1S/C46H61FN8O6S2Si/c1-32-29-39(50-51-41(32)49-44-55(31-59-27-28-64(8,9)10)35-18-11-12-19-37(35)62-44)54(25-14-13-23-52(5)6)43-48-40(42(56)57)38(63-43)20-16-26-60-36-22-21-33(30-34(36)47)17-15-24-53(7)45(58)61-46(2,3)4/h11-12,18-19,21-22,29-30H,13-14,16,20,23-28,31H2,1-10H3,(H,56,57). The number of thiazole rings is 2. The lowest BCUT2D eigenvalue weighted by molar-refractivity contribution is 0.0320. The minimum absolute atomic E-state index is 0.0395. The van der Waals surface area contributed by atoms with Crippen LogP contribution in [0.25, 0.3) is 10.2 Å².